The number of methoxy groups -OCH3 is 1. The van der Waals surface area contributed by atoms with Crippen LogP contribution in [0.2, 0.25) is 0 Å². The third kappa shape index (κ3) is 3.30. The van der Waals surface area contributed by atoms with Gasteiger partial charge in [0.05, 0.1) is 12.0 Å². The number of hydrogen-bond acceptors (Lipinski definition) is 6. The Bertz CT molecular complexity index is 462. The van der Waals surface area contributed by atoms with Crippen LogP contribution >= 0.6 is 0 Å². The van der Waals surface area contributed by atoms with Gasteiger partial charge in [-0.3, -0.25) is 10.1 Å². The molecule has 1 saturated carbocycles. The van der Waals surface area contributed by atoms with Crippen molar-refractivity contribution in [1.29, 1.82) is 0 Å². The van der Waals surface area contributed by atoms with E-state index in [4.69, 9.17) is 4.74 Å². The Morgan fingerprint density at radius 1 is 1.58 bits per heavy atom. The third-order valence-corrected chi connectivity index (χ3v) is 3.31. The molecule has 7 heteroatoms. The first-order valence-electron chi connectivity index (χ1n) is 6.45. The number of nitrogens with one attached hydrogen (secondary N) is 1. The molecule has 0 aliphatic heterocycles. The molecule has 1 aromatic heterocycles. The van der Waals surface area contributed by atoms with Crippen LogP contribution in [-0.4, -0.2) is 28.0 Å². The predicted molar refractivity (Wildman–Crippen MR) is 70.3 cm³/mol. The molecule has 1 aliphatic carbocycles. The summed E-state index contributed by atoms with van der Waals surface area (Å²) in [6.45, 7) is 2.06. The fraction of sp³-hybridized carbons (Fsp3) is 0.667. The summed E-state index contributed by atoms with van der Waals surface area (Å²) in [6, 6.07) is 0.200. The molecule has 19 heavy (non-hydrogen) atoms. The number of nitrogens with zero attached hydrogens (tertiary/aromatic N) is 3. The maximum atomic E-state index is 11.1. The molecule has 0 amide bonds. The molecule has 7 nitrogen and oxygen atoms in total. The highest BCUT2D eigenvalue weighted by Crippen LogP contribution is 2.36. The Kier molecular flexibility index (Phi) is 4.13. The molecule has 0 bridgehead atoms. The normalized spacial score (nSPS) is 15.9. The summed E-state index contributed by atoms with van der Waals surface area (Å²) in [5, 5.41) is 14.3. The summed E-state index contributed by atoms with van der Waals surface area (Å²) in [7, 11) is 1.36. The Labute approximate surface area is 111 Å². The van der Waals surface area contributed by atoms with E-state index in [1.807, 2.05) is 0 Å². The topological polar surface area (TPSA) is 90.2 Å². The number of nitro groups is 1. The molecule has 1 atom stereocenters. The molecule has 0 saturated heterocycles. The molecule has 1 heterocycles. The van der Waals surface area contributed by atoms with E-state index >= 15 is 0 Å². The van der Waals surface area contributed by atoms with Crippen LogP contribution in [0.4, 0.5) is 11.5 Å². The molecule has 1 fully saturated rings. The lowest BCUT2D eigenvalue weighted by atomic mass is 10.1. The average molecular weight is 266 g/mol. The van der Waals surface area contributed by atoms with Gasteiger partial charge >= 0.3 is 5.69 Å². The maximum absolute atomic E-state index is 11.1. The monoisotopic (exact) mass is 266 g/mol. The SMILES string of the molecule is CCC(CC1CC1)Nc1ncnc(OC)c1[N+](=O)[O-]. The first-order chi connectivity index (χ1) is 9.15. The summed E-state index contributed by atoms with van der Waals surface area (Å²) in [6.07, 6.45) is 5.72. The first-order valence-corrected chi connectivity index (χ1v) is 6.45. The quantitative estimate of drug-likeness (QED) is 0.602. The summed E-state index contributed by atoms with van der Waals surface area (Å²) in [5.74, 6) is 0.980. The van der Waals surface area contributed by atoms with Crippen LogP contribution in [0, 0.1) is 16.0 Å². The smallest absolute Gasteiger partial charge is 0.372 e. The zero-order valence-corrected chi connectivity index (χ0v) is 11.1. The van der Waals surface area contributed by atoms with E-state index in [-0.39, 0.29) is 23.4 Å². The van der Waals surface area contributed by atoms with E-state index in [0.29, 0.717) is 0 Å². The van der Waals surface area contributed by atoms with Gasteiger partial charge in [0.1, 0.15) is 6.33 Å². The highest BCUT2D eigenvalue weighted by atomic mass is 16.6. The minimum atomic E-state index is -0.509. The zero-order valence-electron chi connectivity index (χ0n) is 11.1. The van der Waals surface area contributed by atoms with Gasteiger partial charge in [-0.15, -0.1) is 0 Å². The summed E-state index contributed by atoms with van der Waals surface area (Å²) < 4.78 is 4.92. The van der Waals surface area contributed by atoms with Crippen molar-refractivity contribution in [2.75, 3.05) is 12.4 Å². The van der Waals surface area contributed by atoms with Crippen molar-refractivity contribution < 1.29 is 9.66 Å². The second kappa shape index (κ2) is 5.81. The number of anilines is 1. The molecule has 1 aromatic rings. The zero-order chi connectivity index (χ0) is 13.8. The molecule has 2 rings (SSSR count). The third-order valence-electron chi connectivity index (χ3n) is 3.31. The van der Waals surface area contributed by atoms with Crippen molar-refractivity contribution in [2.24, 2.45) is 5.92 Å². The van der Waals surface area contributed by atoms with E-state index in [1.54, 1.807) is 0 Å². The Hall–Kier alpha value is -1.92. The van der Waals surface area contributed by atoms with E-state index in [2.05, 4.69) is 22.2 Å². The number of ether oxygens (including phenoxy) is 1. The van der Waals surface area contributed by atoms with Crippen molar-refractivity contribution >= 4 is 11.5 Å². The van der Waals surface area contributed by atoms with Gasteiger partial charge in [0.15, 0.2) is 0 Å². The van der Waals surface area contributed by atoms with Crippen LogP contribution in [0.5, 0.6) is 5.88 Å². The van der Waals surface area contributed by atoms with Gasteiger partial charge in [-0.1, -0.05) is 19.8 Å². The van der Waals surface area contributed by atoms with Gasteiger partial charge in [0.2, 0.25) is 5.82 Å². The summed E-state index contributed by atoms with van der Waals surface area (Å²) in [5.41, 5.74) is -0.195. The van der Waals surface area contributed by atoms with Crippen LogP contribution in [0.25, 0.3) is 0 Å². The molecule has 1 unspecified atom stereocenters. The minimum Gasteiger partial charge on any atom is -0.476 e. The number of aromatic nitrogens is 2. The lowest BCUT2D eigenvalue weighted by molar-refractivity contribution is -0.385. The van der Waals surface area contributed by atoms with Gasteiger partial charge in [0, 0.05) is 6.04 Å². The molecular weight excluding hydrogens is 248 g/mol. The molecule has 1 N–H and O–H groups in total. The number of hydrogen-bond donors (Lipinski definition) is 1. The van der Waals surface area contributed by atoms with E-state index < -0.39 is 4.92 Å². The highest BCUT2D eigenvalue weighted by molar-refractivity contribution is 5.61. The van der Waals surface area contributed by atoms with Gasteiger partial charge < -0.3 is 10.1 Å². The first kappa shape index (κ1) is 13.5. The fourth-order valence-corrected chi connectivity index (χ4v) is 2.06. The lowest BCUT2D eigenvalue weighted by Crippen LogP contribution is -2.21. The largest absolute Gasteiger partial charge is 0.476 e. The average Bonchev–Trinajstić information content (AvgIpc) is 3.21. The molecule has 0 radical (unpaired) electrons. The van der Waals surface area contributed by atoms with Crippen LogP contribution in [0.1, 0.15) is 32.6 Å². The second-order valence-corrected chi connectivity index (χ2v) is 4.77. The molecule has 0 spiro atoms. The summed E-state index contributed by atoms with van der Waals surface area (Å²) in [4.78, 5) is 18.4. The second-order valence-electron chi connectivity index (χ2n) is 4.77. The molecule has 1 aliphatic rings. The predicted octanol–water partition coefficient (Wildman–Crippen LogP) is 2.38. The Morgan fingerprint density at radius 3 is 2.84 bits per heavy atom. The Balaban J connectivity index is 2.19. The van der Waals surface area contributed by atoms with Gasteiger partial charge in [-0.05, 0) is 18.8 Å². The Morgan fingerprint density at radius 2 is 2.32 bits per heavy atom. The van der Waals surface area contributed by atoms with Crippen LogP contribution in [0.15, 0.2) is 6.33 Å². The van der Waals surface area contributed by atoms with Crippen molar-refractivity contribution in [3.8, 4) is 5.88 Å². The van der Waals surface area contributed by atoms with Crippen LogP contribution < -0.4 is 10.1 Å². The van der Waals surface area contributed by atoms with E-state index in [1.165, 1.54) is 26.3 Å². The van der Waals surface area contributed by atoms with Gasteiger partial charge in [-0.25, -0.2) is 4.98 Å². The minimum absolute atomic E-state index is 0.0104. The molecule has 0 aromatic carbocycles. The molecular formula is C12H18N4O3. The lowest BCUT2D eigenvalue weighted by Gasteiger charge is -2.17. The molecule has 104 valence electrons. The standard InChI is InChI=1S/C12H18N4O3/c1-3-9(6-8-4-5-8)15-11-10(16(17)18)12(19-2)14-7-13-11/h7-9H,3-6H2,1-2H3,(H,13,14,15). The van der Waals surface area contributed by atoms with E-state index in [9.17, 15) is 10.1 Å². The van der Waals surface area contributed by atoms with Crippen molar-refractivity contribution in [2.45, 2.75) is 38.6 Å². The van der Waals surface area contributed by atoms with Crippen molar-refractivity contribution in [1.82, 2.24) is 9.97 Å². The van der Waals surface area contributed by atoms with Gasteiger partial charge in [0.25, 0.3) is 5.88 Å². The van der Waals surface area contributed by atoms with Crippen molar-refractivity contribution in [3.63, 3.8) is 0 Å². The van der Waals surface area contributed by atoms with Crippen LogP contribution in [0.3, 0.4) is 0 Å². The highest BCUT2D eigenvalue weighted by Gasteiger charge is 2.28. The van der Waals surface area contributed by atoms with Crippen LogP contribution in [-0.2, 0) is 0 Å². The maximum Gasteiger partial charge on any atom is 0.372 e. The summed E-state index contributed by atoms with van der Waals surface area (Å²) >= 11 is 0. The number of rotatable bonds is 7. The van der Waals surface area contributed by atoms with E-state index in [0.717, 1.165) is 18.8 Å². The van der Waals surface area contributed by atoms with Gasteiger partial charge in [-0.2, -0.15) is 4.98 Å². The van der Waals surface area contributed by atoms with Crippen molar-refractivity contribution in [3.05, 3.63) is 16.4 Å². The fourth-order valence-electron chi connectivity index (χ4n) is 2.06.